The summed E-state index contributed by atoms with van der Waals surface area (Å²) < 4.78 is 0. The second-order valence-electron chi connectivity index (χ2n) is 8.54. The topological polar surface area (TPSA) is 17.1 Å². The van der Waals surface area contributed by atoms with Gasteiger partial charge >= 0.3 is 0 Å². The molecule has 0 aromatic carbocycles. The van der Waals surface area contributed by atoms with Crippen molar-refractivity contribution in [1.29, 1.82) is 0 Å². The smallest absolute Gasteiger partial charge is 0.195 e. The molecule has 0 atom stereocenters. The van der Waals surface area contributed by atoms with Gasteiger partial charge in [-0.05, 0) is 0 Å². The van der Waals surface area contributed by atoms with Crippen LogP contribution in [-0.4, -0.2) is 14.4 Å². The number of hydrogen-bond acceptors (Lipinski definition) is 1. The van der Waals surface area contributed by atoms with Crippen LogP contribution >= 0.6 is 0 Å². The summed E-state index contributed by atoms with van der Waals surface area (Å²) in [6.45, 7) is 6.93. The monoisotopic (exact) mass is 353 g/mol. The molecule has 24 heavy (non-hydrogen) atoms. The van der Waals surface area contributed by atoms with E-state index in [4.69, 9.17) is 0 Å². The summed E-state index contributed by atoms with van der Waals surface area (Å²) in [5, 5.41) is 0. The van der Waals surface area contributed by atoms with Gasteiger partial charge in [-0.2, -0.15) is 0 Å². The first kappa shape index (κ1) is 23.9. The molecule has 0 N–H and O–H groups in total. The van der Waals surface area contributed by atoms with Crippen LogP contribution in [0.1, 0.15) is 110 Å². The lowest BCUT2D eigenvalue weighted by molar-refractivity contribution is 0.531. The van der Waals surface area contributed by atoms with Crippen molar-refractivity contribution in [1.82, 2.24) is 0 Å². The fourth-order valence-corrected chi connectivity index (χ4v) is 5.21. The first-order valence-electron chi connectivity index (χ1n) is 11.0. The molecule has 1 radical (unpaired) electrons. The zero-order valence-electron chi connectivity index (χ0n) is 17.1. The largest absolute Gasteiger partial charge is 0.291 e. The summed E-state index contributed by atoms with van der Waals surface area (Å²) in [4.78, 5) is 10.5. The second kappa shape index (κ2) is 17.7. The van der Waals surface area contributed by atoms with Crippen LogP contribution in [0.5, 0.6) is 0 Å². The van der Waals surface area contributed by atoms with Gasteiger partial charge in [0, 0.05) is 6.04 Å². The molecule has 0 unspecified atom stereocenters. The predicted molar refractivity (Wildman–Crippen MR) is 112 cm³/mol. The van der Waals surface area contributed by atoms with Crippen LogP contribution in [0.4, 0.5) is 0 Å². The molecule has 143 valence electrons. The van der Waals surface area contributed by atoms with E-state index >= 15 is 0 Å². The number of rotatable bonds is 19. The number of unbranched alkanes of at least 4 members (excludes halogenated alkanes) is 15. The maximum absolute atomic E-state index is 10.5. The summed E-state index contributed by atoms with van der Waals surface area (Å²) in [5.41, 5.74) is 0. The molecule has 0 amide bonds. The second-order valence-corrected chi connectivity index (χ2v) is 13.7. The Balaban J connectivity index is 3.11. The van der Waals surface area contributed by atoms with Crippen LogP contribution in [0.15, 0.2) is 0 Å². The van der Waals surface area contributed by atoms with E-state index in [2.05, 4.69) is 26.3 Å². The van der Waals surface area contributed by atoms with Crippen molar-refractivity contribution in [2.24, 2.45) is 0 Å². The van der Waals surface area contributed by atoms with Gasteiger partial charge in [0.1, 0.15) is 0 Å². The number of hydrogen-bond donors (Lipinski definition) is 0. The van der Waals surface area contributed by atoms with Crippen LogP contribution < -0.4 is 0 Å². The zero-order valence-corrected chi connectivity index (χ0v) is 18.1. The van der Waals surface area contributed by atoms with Gasteiger partial charge in [0.05, 0.1) is 8.07 Å². The standard InChI is InChI=1S/C22H45OSi/c1-4-5-6-7-8-9-10-11-12-13-14-15-16-17-18-19-21-24(2,3)22-20-23/h4-19,21-22H2,1-3H3. The van der Waals surface area contributed by atoms with Gasteiger partial charge < -0.3 is 0 Å². The van der Waals surface area contributed by atoms with Gasteiger partial charge in [0.25, 0.3) is 0 Å². The Bertz CT molecular complexity index is 263. The maximum atomic E-state index is 10.5. The minimum absolute atomic E-state index is 0.728. The Morgan fingerprint density at radius 1 is 0.583 bits per heavy atom. The van der Waals surface area contributed by atoms with Crippen LogP contribution in [0.2, 0.25) is 25.2 Å². The van der Waals surface area contributed by atoms with Gasteiger partial charge in [-0.3, -0.25) is 4.79 Å². The van der Waals surface area contributed by atoms with Crippen molar-refractivity contribution in [3.05, 3.63) is 0 Å². The Hall–Kier alpha value is -0.113. The SMILES string of the molecule is CCCCCCCCCCCCCCCCCC[Si](C)(C)C[C]=O. The molecule has 2 heteroatoms. The van der Waals surface area contributed by atoms with Crippen molar-refractivity contribution in [2.75, 3.05) is 0 Å². The van der Waals surface area contributed by atoms with E-state index in [1.165, 1.54) is 109 Å². The van der Waals surface area contributed by atoms with Crippen molar-refractivity contribution in [3.63, 3.8) is 0 Å². The van der Waals surface area contributed by atoms with Gasteiger partial charge in [-0.25, -0.2) is 0 Å². The lowest BCUT2D eigenvalue weighted by Gasteiger charge is -2.18. The Morgan fingerprint density at radius 2 is 0.917 bits per heavy atom. The number of carbonyl (C=O) groups excluding carboxylic acids is 1. The molecule has 0 saturated carbocycles. The molecule has 0 aliphatic rings. The minimum atomic E-state index is -1.23. The van der Waals surface area contributed by atoms with Crippen molar-refractivity contribution in [2.45, 2.75) is 135 Å². The summed E-state index contributed by atoms with van der Waals surface area (Å²) >= 11 is 0. The van der Waals surface area contributed by atoms with Crippen molar-refractivity contribution < 1.29 is 4.79 Å². The molecule has 0 rings (SSSR count). The lowest BCUT2D eigenvalue weighted by Crippen LogP contribution is -2.24. The molecule has 0 bridgehead atoms. The molecule has 0 aromatic heterocycles. The van der Waals surface area contributed by atoms with Crippen LogP contribution in [-0.2, 0) is 4.79 Å². The van der Waals surface area contributed by atoms with E-state index in [9.17, 15) is 4.79 Å². The minimum Gasteiger partial charge on any atom is -0.291 e. The molecule has 0 saturated heterocycles. The summed E-state index contributed by atoms with van der Waals surface area (Å²) in [5.74, 6) is 0. The van der Waals surface area contributed by atoms with Crippen LogP contribution in [0, 0.1) is 0 Å². The van der Waals surface area contributed by atoms with E-state index in [1.807, 2.05) is 0 Å². The third-order valence-corrected chi connectivity index (χ3v) is 8.07. The first-order chi connectivity index (χ1) is 11.6. The highest BCUT2D eigenvalue weighted by atomic mass is 28.3. The third kappa shape index (κ3) is 18.2. The van der Waals surface area contributed by atoms with Crippen molar-refractivity contribution >= 4 is 14.4 Å². The molecule has 0 spiro atoms. The fourth-order valence-electron chi connectivity index (χ4n) is 3.44. The molecular weight excluding hydrogens is 308 g/mol. The molecular formula is C22H45OSi. The summed E-state index contributed by atoms with van der Waals surface area (Å²) in [6, 6.07) is 2.03. The van der Waals surface area contributed by atoms with Gasteiger partial charge in [0.2, 0.25) is 0 Å². The maximum Gasteiger partial charge on any atom is 0.195 e. The normalized spacial score (nSPS) is 11.8. The van der Waals surface area contributed by atoms with Crippen molar-refractivity contribution in [3.8, 4) is 0 Å². The van der Waals surface area contributed by atoms with Crippen LogP contribution in [0.25, 0.3) is 0 Å². The quantitative estimate of drug-likeness (QED) is 0.169. The Labute approximate surface area is 154 Å². The van der Waals surface area contributed by atoms with E-state index < -0.39 is 8.07 Å². The molecule has 0 heterocycles. The van der Waals surface area contributed by atoms with E-state index in [0.717, 1.165) is 6.04 Å². The Kier molecular flexibility index (Phi) is 17.6. The molecule has 1 nitrogen and oxygen atoms in total. The highest BCUT2D eigenvalue weighted by Gasteiger charge is 2.19. The summed E-state index contributed by atoms with van der Waals surface area (Å²) in [7, 11) is -1.23. The average molecular weight is 354 g/mol. The van der Waals surface area contributed by atoms with Gasteiger partial charge in [0.15, 0.2) is 6.29 Å². The van der Waals surface area contributed by atoms with Gasteiger partial charge in [-0.15, -0.1) is 0 Å². The lowest BCUT2D eigenvalue weighted by atomic mass is 10.0. The molecule has 0 aliphatic heterocycles. The highest BCUT2D eigenvalue weighted by Crippen LogP contribution is 2.19. The molecule has 0 aromatic rings. The highest BCUT2D eigenvalue weighted by molar-refractivity contribution is 6.79. The summed E-state index contributed by atoms with van der Waals surface area (Å²) in [6.07, 6.45) is 25.0. The molecule has 0 fully saturated rings. The van der Waals surface area contributed by atoms with E-state index in [1.54, 1.807) is 0 Å². The third-order valence-electron chi connectivity index (χ3n) is 5.26. The Morgan fingerprint density at radius 3 is 1.25 bits per heavy atom. The van der Waals surface area contributed by atoms with Gasteiger partial charge in [-0.1, -0.05) is 129 Å². The van der Waals surface area contributed by atoms with E-state index in [0.29, 0.717) is 0 Å². The predicted octanol–water partition coefficient (Wildman–Crippen LogP) is 8.07. The first-order valence-corrected chi connectivity index (χ1v) is 14.4. The zero-order chi connectivity index (χ0) is 17.9. The van der Waals surface area contributed by atoms with E-state index in [-0.39, 0.29) is 0 Å². The fraction of sp³-hybridized carbons (Fsp3) is 0.955. The molecule has 0 aliphatic carbocycles. The van der Waals surface area contributed by atoms with Crippen LogP contribution in [0.3, 0.4) is 0 Å². The average Bonchev–Trinajstić information content (AvgIpc) is 2.54.